The Bertz CT molecular complexity index is 732. The van der Waals surface area contributed by atoms with Crippen molar-refractivity contribution >= 4 is 21.7 Å². The molecule has 2 rings (SSSR count). The van der Waals surface area contributed by atoms with Crippen molar-refractivity contribution in [1.82, 2.24) is 9.97 Å². The van der Waals surface area contributed by atoms with Crippen LogP contribution in [0.15, 0.2) is 35.5 Å². The topological polar surface area (TPSA) is 84.0 Å². The number of rotatable bonds is 5. The van der Waals surface area contributed by atoms with Crippen molar-refractivity contribution in [2.75, 3.05) is 16.6 Å². The van der Waals surface area contributed by atoms with Crippen molar-refractivity contribution in [3.05, 3.63) is 42.0 Å². The van der Waals surface area contributed by atoms with Gasteiger partial charge in [0.25, 0.3) is 10.0 Å². The van der Waals surface area contributed by atoms with E-state index in [1.807, 2.05) is 6.92 Å². The quantitative estimate of drug-likeness (QED) is 0.884. The molecule has 0 unspecified atom stereocenters. The third kappa shape index (κ3) is 3.66. The number of nitrogens with one attached hydrogen (secondary N) is 2. The molecule has 112 valence electrons. The molecule has 0 fully saturated rings. The summed E-state index contributed by atoms with van der Waals surface area (Å²) in [5.74, 6) is -0.312. The van der Waals surface area contributed by atoms with Crippen LogP contribution in [0.4, 0.5) is 16.0 Å². The highest BCUT2D eigenvalue weighted by molar-refractivity contribution is 7.92. The molecule has 21 heavy (non-hydrogen) atoms. The number of benzene rings is 1. The monoisotopic (exact) mass is 310 g/mol. The Morgan fingerprint density at radius 2 is 1.90 bits per heavy atom. The van der Waals surface area contributed by atoms with Crippen LogP contribution in [0.2, 0.25) is 0 Å². The number of aromatic nitrogens is 2. The van der Waals surface area contributed by atoms with Gasteiger partial charge in [-0.05, 0) is 31.5 Å². The normalized spacial score (nSPS) is 11.2. The van der Waals surface area contributed by atoms with Gasteiger partial charge in [0.1, 0.15) is 10.7 Å². The summed E-state index contributed by atoms with van der Waals surface area (Å²) in [5.41, 5.74) is 0.638. The van der Waals surface area contributed by atoms with E-state index in [0.29, 0.717) is 12.5 Å². The van der Waals surface area contributed by atoms with Gasteiger partial charge in [0.05, 0.1) is 18.1 Å². The molecule has 0 aliphatic heterocycles. The van der Waals surface area contributed by atoms with Crippen LogP contribution in [0.1, 0.15) is 12.5 Å². The number of anilines is 2. The predicted molar refractivity (Wildman–Crippen MR) is 78.1 cm³/mol. The van der Waals surface area contributed by atoms with Crippen molar-refractivity contribution in [3.8, 4) is 0 Å². The Labute approximate surface area is 122 Å². The molecule has 6 nitrogen and oxygen atoms in total. The van der Waals surface area contributed by atoms with Crippen LogP contribution in [-0.2, 0) is 10.0 Å². The number of sulfonamides is 1. The number of halogens is 1. The molecule has 2 N–H and O–H groups in total. The van der Waals surface area contributed by atoms with Crippen LogP contribution in [0.5, 0.6) is 0 Å². The molecule has 0 spiro atoms. The Morgan fingerprint density at radius 3 is 2.52 bits per heavy atom. The number of hydrogen-bond donors (Lipinski definition) is 2. The third-order valence-corrected chi connectivity index (χ3v) is 3.96. The molecular weight excluding hydrogens is 295 g/mol. The Balaban J connectivity index is 2.27. The maximum Gasteiger partial charge on any atom is 0.265 e. The highest BCUT2D eigenvalue weighted by atomic mass is 32.2. The summed E-state index contributed by atoms with van der Waals surface area (Å²) in [7, 11) is -3.93. The van der Waals surface area contributed by atoms with Gasteiger partial charge in [-0.2, -0.15) is 0 Å². The van der Waals surface area contributed by atoms with E-state index >= 15 is 0 Å². The summed E-state index contributed by atoms with van der Waals surface area (Å²) in [6.45, 7) is 4.24. The molecular formula is C13H15FN4O2S. The smallest absolute Gasteiger partial charge is 0.265 e. The molecule has 1 aromatic heterocycles. The molecule has 0 saturated heterocycles. The van der Waals surface area contributed by atoms with Gasteiger partial charge in [0.15, 0.2) is 0 Å². The summed E-state index contributed by atoms with van der Waals surface area (Å²) in [5, 5.41) is 2.85. The second kappa shape index (κ2) is 6.04. The third-order valence-electron chi connectivity index (χ3n) is 2.64. The minimum atomic E-state index is -3.93. The lowest BCUT2D eigenvalue weighted by molar-refractivity contribution is 0.597. The fourth-order valence-corrected chi connectivity index (χ4v) is 2.57. The van der Waals surface area contributed by atoms with Gasteiger partial charge in [-0.15, -0.1) is 0 Å². The average Bonchev–Trinajstić information content (AvgIpc) is 2.44. The Hall–Kier alpha value is -2.22. The van der Waals surface area contributed by atoms with Gasteiger partial charge in [0, 0.05) is 6.54 Å². The first-order chi connectivity index (χ1) is 9.92. The van der Waals surface area contributed by atoms with E-state index in [0.717, 1.165) is 5.56 Å². The van der Waals surface area contributed by atoms with Crippen LogP contribution in [0.3, 0.4) is 0 Å². The standard InChI is InChI=1S/C13H15FN4O2S/c1-3-15-13-16-7-10(8-17-13)21(19,20)18-12-6-9(2)4-5-11(12)14/h4-8,18H,3H2,1-2H3,(H,15,16,17). The summed E-state index contributed by atoms with van der Waals surface area (Å²) in [4.78, 5) is 7.63. The zero-order valence-corrected chi connectivity index (χ0v) is 12.4. The van der Waals surface area contributed by atoms with Crippen molar-refractivity contribution in [2.45, 2.75) is 18.7 Å². The second-order valence-corrected chi connectivity index (χ2v) is 6.04. The highest BCUT2D eigenvalue weighted by Gasteiger charge is 2.17. The van der Waals surface area contributed by atoms with E-state index in [1.165, 1.54) is 24.5 Å². The first kappa shape index (κ1) is 15.2. The van der Waals surface area contributed by atoms with Crippen molar-refractivity contribution in [1.29, 1.82) is 0 Å². The van der Waals surface area contributed by atoms with Gasteiger partial charge in [0.2, 0.25) is 5.95 Å². The van der Waals surface area contributed by atoms with Gasteiger partial charge in [-0.1, -0.05) is 6.07 Å². The van der Waals surface area contributed by atoms with Crippen molar-refractivity contribution in [2.24, 2.45) is 0 Å². The SMILES string of the molecule is CCNc1ncc(S(=O)(=O)Nc2cc(C)ccc2F)cn1. The first-order valence-corrected chi connectivity index (χ1v) is 7.75. The Kier molecular flexibility index (Phi) is 4.37. The van der Waals surface area contributed by atoms with Crippen LogP contribution >= 0.6 is 0 Å². The van der Waals surface area contributed by atoms with Crippen molar-refractivity contribution < 1.29 is 12.8 Å². The van der Waals surface area contributed by atoms with E-state index < -0.39 is 15.8 Å². The maximum atomic E-state index is 13.6. The molecule has 0 aliphatic rings. The van der Waals surface area contributed by atoms with E-state index in [-0.39, 0.29) is 10.6 Å². The zero-order valence-electron chi connectivity index (χ0n) is 11.6. The lowest BCUT2D eigenvalue weighted by Gasteiger charge is -2.09. The fraction of sp³-hybridized carbons (Fsp3) is 0.231. The molecule has 0 aliphatic carbocycles. The van der Waals surface area contributed by atoms with Crippen molar-refractivity contribution in [3.63, 3.8) is 0 Å². The van der Waals surface area contributed by atoms with E-state index in [2.05, 4.69) is 20.0 Å². The minimum absolute atomic E-state index is 0.106. The van der Waals surface area contributed by atoms with Gasteiger partial charge >= 0.3 is 0 Å². The van der Waals surface area contributed by atoms with E-state index in [4.69, 9.17) is 0 Å². The van der Waals surface area contributed by atoms with Gasteiger partial charge in [-0.3, -0.25) is 4.72 Å². The summed E-state index contributed by atoms with van der Waals surface area (Å²) >= 11 is 0. The minimum Gasteiger partial charge on any atom is -0.355 e. The number of nitrogens with zero attached hydrogens (tertiary/aromatic N) is 2. The molecule has 1 aromatic carbocycles. The second-order valence-electron chi connectivity index (χ2n) is 4.36. The molecule has 8 heteroatoms. The lowest BCUT2D eigenvalue weighted by atomic mass is 10.2. The van der Waals surface area contributed by atoms with E-state index in [9.17, 15) is 12.8 Å². The highest BCUT2D eigenvalue weighted by Crippen LogP contribution is 2.20. The maximum absolute atomic E-state index is 13.6. The molecule has 0 saturated carbocycles. The fourth-order valence-electron chi connectivity index (χ4n) is 1.63. The summed E-state index contributed by atoms with van der Waals surface area (Å²) in [6.07, 6.45) is 2.34. The van der Waals surface area contributed by atoms with E-state index in [1.54, 1.807) is 13.0 Å². The first-order valence-electron chi connectivity index (χ1n) is 6.27. The summed E-state index contributed by atoms with van der Waals surface area (Å²) in [6, 6.07) is 4.18. The summed E-state index contributed by atoms with van der Waals surface area (Å²) < 4.78 is 40.1. The van der Waals surface area contributed by atoms with Crippen LogP contribution in [-0.4, -0.2) is 24.9 Å². The predicted octanol–water partition coefficient (Wildman–Crippen LogP) is 2.16. The van der Waals surface area contributed by atoms with Gasteiger partial charge in [-0.25, -0.2) is 22.8 Å². The average molecular weight is 310 g/mol. The molecule has 2 aromatic rings. The van der Waals surface area contributed by atoms with Crippen LogP contribution in [0.25, 0.3) is 0 Å². The molecule has 0 atom stereocenters. The van der Waals surface area contributed by atoms with Crippen LogP contribution in [0, 0.1) is 12.7 Å². The molecule has 0 radical (unpaired) electrons. The number of aryl methyl sites for hydroxylation is 1. The van der Waals surface area contributed by atoms with Gasteiger partial charge < -0.3 is 5.32 Å². The Morgan fingerprint density at radius 1 is 1.24 bits per heavy atom. The van der Waals surface area contributed by atoms with Crippen LogP contribution < -0.4 is 10.0 Å². The zero-order chi connectivity index (χ0) is 15.5. The molecule has 0 amide bonds. The lowest BCUT2D eigenvalue weighted by Crippen LogP contribution is -2.15. The molecule has 0 bridgehead atoms. The number of hydrogen-bond acceptors (Lipinski definition) is 5. The molecule has 1 heterocycles. The largest absolute Gasteiger partial charge is 0.355 e.